The van der Waals surface area contributed by atoms with Gasteiger partial charge in [-0.15, -0.1) is 0 Å². The summed E-state index contributed by atoms with van der Waals surface area (Å²) in [5.41, 5.74) is 3.05. The van der Waals surface area contributed by atoms with Gasteiger partial charge in [0.25, 0.3) is 5.56 Å². The molecule has 0 aliphatic carbocycles. The van der Waals surface area contributed by atoms with Gasteiger partial charge in [-0.3, -0.25) is 14.2 Å². The molecule has 1 amide bonds. The molecule has 2 aromatic carbocycles. The number of carbonyl (C=O) groups is 1. The van der Waals surface area contributed by atoms with Crippen LogP contribution in [0, 0.1) is 0 Å². The van der Waals surface area contributed by atoms with Crippen LogP contribution in [-0.4, -0.2) is 47.8 Å². The number of hydrogen-bond acceptors (Lipinski definition) is 7. The molecule has 10 heteroatoms. The number of rotatable bonds is 9. The maximum atomic E-state index is 13.9. The van der Waals surface area contributed by atoms with E-state index in [4.69, 9.17) is 26.1 Å². The molecule has 0 spiro atoms. The predicted octanol–water partition coefficient (Wildman–Crippen LogP) is 4.04. The number of aromatic nitrogens is 3. The molecule has 0 aliphatic heterocycles. The average Bonchev–Trinajstić information content (AvgIpc) is 2.90. The number of nitrogens with zero attached hydrogens (tertiary/aromatic N) is 3. The lowest BCUT2D eigenvalue weighted by molar-refractivity contribution is -0.122. The average molecular weight is 536 g/mol. The third-order valence-corrected chi connectivity index (χ3v) is 6.20. The maximum absolute atomic E-state index is 13.9. The van der Waals surface area contributed by atoms with Gasteiger partial charge >= 0.3 is 0 Å². The minimum Gasteiger partial charge on any atom is -0.497 e. The van der Waals surface area contributed by atoms with Gasteiger partial charge in [-0.2, -0.15) is 0 Å². The van der Waals surface area contributed by atoms with Crippen molar-refractivity contribution in [3.8, 4) is 34.0 Å². The van der Waals surface area contributed by atoms with Crippen molar-refractivity contribution >= 4 is 28.5 Å². The number of carbonyl (C=O) groups excluding carboxylic acids is 1. The Balaban J connectivity index is 1.91. The van der Waals surface area contributed by atoms with Gasteiger partial charge < -0.3 is 20.1 Å². The molecule has 0 saturated carbocycles. The van der Waals surface area contributed by atoms with E-state index in [2.05, 4.69) is 15.6 Å². The summed E-state index contributed by atoms with van der Waals surface area (Å²) in [6.07, 6.45) is 1.68. The standard InChI is InChI=1S/C28H30ClN5O4/c1-16(2)32-25(35)15-34-27(18-6-7-23(29)24(12-18)38-5)33-26-22(28(34)36)11-20(14-31-26)19-8-17(13-30-3)9-21(10-19)37-4/h6-12,14,16,30H,13,15H2,1-5H3,(H,32,35). The Hall–Kier alpha value is -3.95. The van der Waals surface area contributed by atoms with Crippen molar-refractivity contribution in [2.45, 2.75) is 33.0 Å². The fourth-order valence-corrected chi connectivity index (χ4v) is 4.39. The summed E-state index contributed by atoms with van der Waals surface area (Å²) in [4.78, 5) is 35.8. The summed E-state index contributed by atoms with van der Waals surface area (Å²) in [7, 11) is 4.98. The van der Waals surface area contributed by atoms with Crippen LogP contribution in [0.3, 0.4) is 0 Å². The number of hydrogen-bond donors (Lipinski definition) is 2. The second-order valence-corrected chi connectivity index (χ2v) is 9.50. The van der Waals surface area contributed by atoms with Crippen LogP contribution in [0.2, 0.25) is 5.02 Å². The van der Waals surface area contributed by atoms with Gasteiger partial charge in [0, 0.05) is 29.9 Å². The van der Waals surface area contributed by atoms with Crippen LogP contribution < -0.4 is 25.7 Å². The van der Waals surface area contributed by atoms with Gasteiger partial charge in [0.2, 0.25) is 5.91 Å². The zero-order valence-electron chi connectivity index (χ0n) is 22.0. The lowest BCUT2D eigenvalue weighted by Crippen LogP contribution is -2.37. The van der Waals surface area contributed by atoms with Crippen molar-refractivity contribution in [1.29, 1.82) is 0 Å². The summed E-state index contributed by atoms with van der Waals surface area (Å²) in [5, 5.41) is 6.69. The summed E-state index contributed by atoms with van der Waals surface area (Å²) in [5.74, 6) is 1.10. The fourth-order valence-electron chi connectivity index (χ4n) is 4.19. The molecule has 4 aromatic rings. The van der Waals surface area contributed by atoms with Crippen LogP contribution in [0.25, 0.3) is 33.5 Å². The highest BCUT2D eigenvalue weighted by atomic mass is 35.5. The fraction of sp³-hybridized carbons (Fsp3) is 0.286. The van der Waals surface area contributed by atoms with Gasteiger partial charge in [0.05, 0.1) is 24.6 Å². The Kier molecular flexibility index (Phi) is 8.29. The van der Waals surface area contributed by atoms with Crippen molar-refractivity contribution < 1.29 is 14.3 Å². The molecule has 0 atom stereocenters. The molecule has 2 heterocycles. The maximum Gasteiger partial charge on any atom is 0.263 e. The summed E-state index contributed by atoms with van der Waals surface area (Å²) < 4.78 is 12.2. The number of methoxy groups -OCH3 is 2. The number of amides is 1. The third kappa shape index (κ3) is 5.79. The third-order valence-electron chi connectivity index (χ3n) is 5.89. The summed E-state index contributed by atoms with van der Waals surface area (Å²) in [6, 6.07) is 12.6. The smallest absolute Gasteiger partial charge is 0.263 e. The van der Waals surface area contributed by atoms with E-state index in [9.17, 15) is 9.59 Å². The van der Waals surface area contributed by atoms with E-state index >= 15 is 0 Å². The topological polar surface area (TPSA) is 107 Å². The van der Waals surface area contributed by atoms with Crippen molar-refractivity contribution in [3.63, 3.8) is 0 Å². The first kappa shape index (κ1) is 27.1. The first-order valence-corrected chi connectivity index (χ1v) is 12.5. The number of pyridine rings is 1. The van der Waals surface area contributed by atoms with Crippen molar-refractivity contribution in [2.24, 2.45) is 0 Å². The number of benzene rings is 2. The largest absolute Gasteiger partial charge is 0.497 e. The Labute approximate surface area is 225 Å². The molecule has 0 aliphatic rings. The van der Waals surface area contributed by atoms with E-state index in [1.807, 2.05) is 39.1 Å². The molecule has 0 unspecified atom stereocenters. The van der Waals surface area contributed by atoms with Gasteiger partial charge in [-0.25, -0.2) is 9.97 Å². The van der Waals surface area contributed by atoms with Crippen molar-refractivity contribution in [3.05, 3.63) is 69.6 Å². The van der Waals surface area contributed by atoms with E-state index in [1.54, 1.807) is 37.6 Å². The highest BCUT2D eigenvalue weighted by Crippen LogP contribution is 2.31. The van der Waals surface area contributed by atoms with Crippen LogP contribution in [0.4, 0.5) is 0 Å². The van der Waals surface area contributed by atoms with Crippen LogP contribution >= 0.6 is 11.6 Å². The van der Waals surface area contributed by atoms with Crippen LogP contribution in [-0.2, 0) is 17.9 Å². The highest BCUT2D eigenvalue weighted by Gasteiger charge is 2.19. The van der Waals surface area contributed by atoms with E-state index in [0.717, 1.165) is 16.7 Å². The first-order chi connectivity index (χ1) is 18.2. The summed E-state index contributed by atoms with van der Waals surface area (Å²) in [6.45, 7) is 4.16. The normalized spacial score (nSPS) is 11.1. The molecule has 9 nitrogen and oxygen atoms in total. The molecule has 0 radical (unpaired) electrons. The molecular weight excluding hydrogens is 506 g/mol. The van der Waals surface area contributed by atoms with Gasteiger partial charge in [-0.05, 0) is 74.5 Å². The Morgan fingerprint density at radius 2 is 1.84 bits per heavy atom. The molecule has 2 N–H and O–H groups in total. The zero-order valence-corrected chi connectivity index (χ0v) is 22.7. The minimum absolute atomic E-state index is 0.0844. The second kappa shape index (κ2) is 11.6. The molecular formula is C28H30ClN5O4. The molecule has 2 aromatic heterocycles. The molecule has 0 fully saturated rings. The van der Waals surface area contributed by atoms with Crippen molar-refractivity contribution in [2.75, 3.05) is 21.3 Å². The van der Waals surface area contributed by atoms with E-state index in [0.29, 0.717) is 34.0 Å². The highest BCUT2D eigenvalue weighted by molar-refractivity contribution is 6.32. The predicted molar refractivity (Wildman–Crippen MR) is 149 cm³/mol. The van der Waals surface area contributed by atoms with Gasteiger partial charge in [0.1, 0.15) is 23.9 Å². The van der Waals surface area contributed by atoms with E-state index in [1.165, 1.54) is 11.7 Å². The SMILES string of the molecule is CNCc1cc(OC)cc(-c2cnc3nc(-c4ccc(Cl)c(OC)c4)n(CC(=O)NC(C)C)c(=O)c3c2)c1. The van der Waals surface area contributed by atoms with E-state index < -0.39 is 0 Å². The lowest BCUT2D eigenvalue weighted by Gasteiger charge is -2.16. The lowest BCUT2D eigenvalue weighted by atomic mass is 10.0. The first-order valence-electron chi connectivity index (χ1n) is 12.1. The molecule has 38 heavy (non-hydrogen) atoms. The number of ether oxygens (including phenoxy) is 2. The number of fused-ring (bicyclic) bond motifs is 1. The van der Waals surface area contributed by atoms with Crippen LogP contribution in [0.5, 0.6) is 11.5 Å². The zero-order chi connectivity index (χ0) is 27.4. The molecule has 4 rings (SSSR count). The Morgan fingerprint density at radius 1 is 1.05 bits per heavy atom. The number of halogens is 1. The van der Waals surface area contributed by atoms with Gasteiger partial charge in [-0.1, -0.05) is 11.6 Å². The molecule has 0 saturated heterocycles. The second-order valence-electron chi connectivity index (χ2n) is 9.09. The van der Waals surface area contributed by atoms with Crippen molar-refractivity contribution in [1.82, 2.24) is 25.2 Å². The van der Waals surface area contributed by atoms with Crippen LogP contribution in [0.1, 0.15) is 19.4 Å². The minimum atomic E-state index is -0.384. The Bertz CT molecular complexity index is 1550. The molecule has 0 bridgehead atoms. The quantitative estimate of drug-likeness (QED) is 0.333. The monoisotopic (exact) mass is 535 g/mol. The number of nitrogens with one attached hydrogen (secondary N) is 2. The molecule has 198 valence electrons. The van der Waals surface area contributed by atoms with Gasteiger partial charge in [0.15, 0.2) is 5.65 Å². The summed E-state index contributed by atoms with van der Waals surface area (Å²) >= 11 is 6.22. The van der Waals surface area contributed by atoms with E-state index in [-0.39, 0.29) is 35.5 Å². The van der Waals surface area contributed by atoms with Crippen LogP contribution in [0.15, 0.2) is 53.5 Å². The Morgan fingerprint density at radius 3 is 2.53 bits per heavy atom.